The van der Waals surface area contributed by atoms with Crippen LogP contribution in [-0.4, -0.2) is 29.9 Å². The summed E-state index contributed by atoms with van der Waals surface area (Å²) >= 11 is -1.01. The summed E-state index contributed by atoms with van der Waals surface area (Å²) in [5.41, 5.74) is 0. The molecule has 2 atom stereocenters. The van der Waals surface area contributed by atoms with Crippen molar-refractivity contribution in [1.82, 2.24) is 0 Å². The Hall–Kier alpha value is -0.570. The molecule has 0 spiro atoms. The van der Waals surface area contributed by atoms with Crippen molar-refractivity contribution >= 4 is 26.0 Å². The van der Waals surface area contributed by atoms with Crippen LogP contribution >= 0.6 is 8.93 Å². The van der Waals surface area contributed by atoms with Gasteiger partial charge in [-0.25, -0.2) is 0 Å². The van der Waals surface area contributed by atoms with Crippen LogP contribution in [0, 0.1) is 0 Å². The van der Waals surface area contributed by atoms with E-state index in [1.807, 2.05) is 0 Å². The molecule has 0 rings (SSSR count). The van der Waals surface area contributed by atoms with Crippen LogP contribution in [0.4, 0.5) is 0 Å². The van der Waals surface area contributed by atoms with E-state index in [0.717, 1.165) is 41.0 Å². The summed E-state index contributed by atoms with van der Waals surface area (Å²) in [6.45, 7) is 5.16. The van der Waals surface area contributed by atoms with Crippen LogP contribution in [0.1, 0.15) is 111 Å². The van der Waals surface area contributed by atoms with Crippen molar-refractivity contribution in [3.05, 3.63) is 12.2 Å². The smallest absolute Gasteiger partial charge is 0.0885 e. The molecule has 0 unspecified atom stereocenters. The molecule has 0 aliphatic carbocycles. The average molecular weight is 572 g/mol. The fraction of sp³-hybridized carbons (Fsp3) is 0.792. The molecular formula is C24H42IO5S-. The van der Waals surface area contributed by atoms with E-state index >= 15 is 0 Å². The maximum atomic E-state index is 11.9. The van der Waals surface area contributed by atoms with Gasteiger partial charge in [0, 0.05) is 0 Å². The number of unbranched alkanes of at least 4 members (excludes halogenated alkanes) is 11. The first-order valence-electron chi connectivity index (χ1n) is 12.2. The molecule has 5 nitrogen and oxygen atoms in total. The van der Waals surface area contributed by atoms with Gasteiger partial charge in [-0.2, -0.15) is 0 Å². The van der Waals surface area contributed by atoms with E-state index < -0.39 is 45.2 Å². The molecule has 0 amide bonds. The topological polar surface area (TPSA) is 69.7 Å². The zero-order chi connectivity index (χ0) is 24.0. The van der Waals surface area contributed by atoms with Crippen molar-refractivity contribution in [3.63, 3.8) is 0 Å². The maximum absolute atomic E-state index is 11.9. The Morgan fingerprint density at radius 3 is 1.97 bits per heavy atom. The Balaban J connectivity index is 3.63. The van der Waals surface area contributed by atoms with Crippen LogP contribution in [0.15, 0.2) is 12.2 Å². The zero-order valence-electron chi connectivity index (χ0n) is 20.5. The molecular weight excluding hydrogens is 527 g/mol. The standard InChI is InChI=1S/C24H42IO5S/c1-4-5-6-7-8-9-10-11-12-13-14-15-16-17-18-19-22(26)29-20(2)23(27)30-21(3)24(28)31-25/h11-12,20-21,25H,4-10,13-19H2,1-3H3/q-1/b12-11+/t20-,21+/m1/s1/i25T. The van der Waals surface area contributed by atoms with E-state index in [-0.39, 0.29) is 11.5 Å². The Kier molecular flexibility index (Phi) is 19.5. The van der Waals surface area contributed by atoms with Crippen molar-refractivity contribution in [2.24, 2.45) is 0 Å². The number of hydrogen-bond acceptors (Lipinski definition) is 6. The molecule has 7 heteroatoms. The van der Waals surface area contributed by atoms with Gasteiger partial charge in [0.05, 0.1) is 0 Å². The molecule has 0 heterocycles. The van der Waals surface area contributed by atoms with Gasteiger partial charge >= 0.3 is 123 Å². The minimum Gasteiger partial charge on any atom is -0.0885 e. The summed E-state index contributed by atoms with van der Waals surface area (Å²) in [6.07, 6.45) is 18.4. The van der Waals surface area contributed by atoms with Gasteiger partial charge in [-0.15, -0.1) is 0 Å². The molecule has 0 radical (unpaired) electrons. The van der Waals surface area contributed by atoms with Crippen molar-refractivity contribution < 1.29 is 44.9 Å². The molecule has 31 heavy (non-hydrogen) atoms. The van der Waals surface area contributed by atoms with Gasteiger partial charge in [-0.1, -0.05) is 57.6 Å². The number of carbonyl (C=O) groups is 3. The molecule has 0 bridgehead atoms. The van der Waals surface area contributed by atoms with Gasteiger partial charge < -0.3 is 0 Å². The minimum atomic E-state index is -1.03. The van der Waals surface area contributed by atoms with Crippen LogP contribution in [0.5, 0.6) is 0 Å². The van der Waals surface area contributed by atoms with Crippen LogP contribution in [0.2, 0.25) is 0 Å². The van der Waals surface area contributed by atoms with E-state index in [1.54, 1.807) is 0 Å². The van der Waals surface area contributed by atoms with Gasteiger partial charge in [-0.05, 0) is 25.7 Å². The summed E-state index contributed by atoms with van der Waals surface area (Å²) in [4.78, 5) is 35.4. The molecule has 0 aromatic heterocycles. The first-order chi connectivity index (χ1) is 15.4. The second-order valence-electron chi connectivity index (χ2n) is 7.94. The van der Waals surface area contributed by atoms with Gasteiger partial charge in [-0.3, -0.25) is 0 Å². The Morgan fingerprint density at radius 1 is 0.839 bits per heavy atom. The van der Waals surface area contributed by atoms with Crippen molar-refractivity contribution in [2.45, 2.75) is 123 Å². The van der Waals surface area contributed by atoms with E-state index in [9.17, 15) is 14.4 Å². The van der Waals surface area contributed by atoms with Gasteiger partial charge in [0.25, 0.3) is 0 Å². The minimum absolute atomic E-state index is 0.281. The third kappa shape index (κ3) is 18.7. The second-order valence-corrected chi connectivity index (χ2v) is 9.82. The summed E-state index contributed by atoms with van der Waals surface area (Å²) in [6, 6.07) is 0. The monoisotopic (exact) mass is 571 g/mol. The number of hydrogen-bond donors (Lipinski definition) is 0. The van der Waals surface area contributed by atoms with E-state index in [2.05, 4.69) is 19.1 Å². The van der Waals surface area contributed by atoms with Crippen molar-refractivity contribution in [3.8, 4) is 0 Å². The number of halogens is 1. The molecule has 0 fully saturated rings. The number of rotatable bonds is 20. The Bertz CT molecular complexity index is 544. The number of carbonyl (C=O) groups excluding carboxylic acids is 3. The number of allylic oxidation sites excluding steroid dienone is 2. The molecule has 0 saturated heterocycles. The van der Waals surface area contributed by atoms with Gasteiger partial charge in [0.2, 0.25) is 0 Å². The van der Waals surface area contributed by atoms with E-state index in [1.165, 1.54) is 65.2 Å². The Labute approximate surface area is 205 Å². The first kappa shape index (κ1) is 28.5. The normalized spacial score (nSPS) is 13.7. The summed E-state index contributed by atoms with van der Waals surface area (Å²) < 4.78 is 17.2. The van der Waals surface area contributed by atoms with Crippen LogP contribution in [-0.2, 0) is 23.9 Å². The fourth-order valence-corrected chi connectivity index (χ4v) is 4.27. The van der Waals surface area contributed by atoms with Crippen LogP contribution in [0.25, 0.3) is 0 Å². The van der Waals surface area contributed by atoms with Crippen molar-refractivity contribution in [1.29, 1.82) is 0.594 Å². The number of ether oxygens (including phenoxy) is 2. The predicted octanol–water partition coefficient (Wildman–Crippen LogP) is 3.35. The molecule has 0 aromatic rings. The molecule has 182 valence electrons. The average Bonchev–Trinajstić information content (AvgIpc) is 2.76. The predicted molar refractivity (Wildman–Crippen MR) is 125 cm³/mol. The summed E-state index contributed by atoms with van der Waals surface area (Å²) in [7, 11) is 0.883. The molecule has 0 aliphatic heterocycles. The molecule has 0 N–H and O–H groups in total. The zero-order valence-corrected chi connectivity index (χ0v) is 22.5. The Morgan fingerprint density at radius 2 is 1.39 bits per heavy atom. The van der Waals surface area contributed by atoms with Crippen LogP contribution in [0.3, 0.4) is 0 Å². The molecule has 0 aliphatic rings. The fourth-order valence-electron chi connectivity index (χ4n) is 3.03. The summed E-state index contributed by atoms with van der Waals surface area (Å²) in [5.74, 6) is -1.15. The third-order valence-corrected chi connectivity index (χ3v) is 6.77. The molecule has 0 saturated carbocycles. The van der Waals surface area contributed by atoms with E-state index in [0.29, 0.717) is 0 Å². The number of esters is 2. The SMILES string of the molecule is [3H][I-]SC(=O)[C@H](C)OC(=O)[C@@H](C)OC(=O)CCCCCCC/C=C/CCCCCCCC. The van der Waals surface area contributed by atoms with Gasteiger partial charge in [0.15, 0.2) is 0 Å². The quantitative estimate of drug-likeness (QED) is 0.0967. The van der Waals surface area contributed by atoms with E-state index in [4.69, 9.17) is 10.1 Å². The molecule has 0 aromatic carbocycles. The third-order valence-electron chi connectivity index (χ3n) is 4.98. The second kappa shape index (κ2) is 21.3. The van der Waals surface area contributed by atoms with Crippen LogP contribution < -0.4 is 21.0 Å². The summed E-state index contributed by atoms with van der Waals surface area (Å²) in [5, 5.41) is -0.340. The van der Waals surface area contributed by atoms with Gasteiger partial charge in [0.1, 0.15) is 0 Å². The first-order valence-corrected chi connectivity index (χ1v) is 15.2. The van der Waals surface area contributed by atoms with Crippen molar-refractivity contribution in [2.75, 3.05) is 0 Å².